The minimum atomic E-state index is -0.386. The Morgan fingerprint density at radius 1 is 0.971 bits per heavy atom. The highest BCUT2D eigenvalue weighted by atomic mass is 35.5. The maximum Gasteiger partial charge on any atom is 0.248 e. The molecule has 0 spiro atoms. The summed E-state index contributed by atoms with van der Waals surface area (Å²) < 4.78 is 0. The third-order valence-corrected chi connectivity index (χ3v) is 6.83. The standard InChI is InChI=1S/C27H27ClN4O2/c1-32(20-8-6-19(28)7-9-20)27(34)24-16-18-4-2-3-17(15-18)5-10-22-21(13-14-29-24)26-23(30-22)11-12-25(33)31-26/h2-4,6-9,11-12,15,24,29-30H,5,10,13-14,16H2,1H3,(H,31,33). The van der Waals surface area contributed by atoms with Gasteiger partial charge in [0.25, 0.3) is 0 Å². The monoisotopic (exact) mass is 474 g/mol. The van der Waals surface area contributed by atoms with Crippen LogP contribution < -0.4 is 15.8 Å². The molecule has 1 aliphatic rings. The van der Waals surface area contributed by atoms with E-state index in [2.05, 4.69) is 39.6 Å². The number of nitrogens with one attached hydrogen (secondary N) is 3. The Labute approximate surface area is 203 Å². The van der Waals surface area contributed by atoms with Crippen LogP contribution in [0, 0.1) is 0 Å². The van der Waals surface area contributed by atoms with Gasteiger partial charge in [-0.3, -0.25) is 9.59 Å². The second kappa shape index (κ2) is 9.49. The van der Waals surface area contributed by atoms with Gasteiger partial charge < -0.3 is 20.2 Å². The highest BCUT2D eigenvalue weighted by Crippen LogP contribution is 2.23. The summed E-state index contributed by atoms with van der Waals surface area (Å²) in [6.45, 7) is 0.613. The van der Waals surface area contributed by atoms with E-state index in [1.54, 1.807) is 30.1 Å². The van der Waals surface area contributed by atoms with Crippen molar-refractivity contribution in [1.29, 1.82) is 0 Å². The Balaban J connectivity index is 1.48. The van der Waals surface area contributed by atoms with Gasteiger partial charge in [0, 0.05) is 36.1 Å². The fourth-order valence-corrected chi connectivity index (χ4v) is 4.88. The molecule has 174 valence electrons. The van der Waals surface area contributed by atoms with E-state index in [0.717, 1.165) is 46.4 Å². The number of benzene rings is 2. The third-order valence-electron chi connectivity index (χ3n) is 6.57. The molecule has 7 heteroatoms. The number of aryl methyl sites for hydroxylation is 2. The van der Waals surface area contributed by atoms with Gasteiger partial charge in [0.1, 0.15) is 0 Å². The van der Waals surface area contributed by atoms with Crippen molar-refractivity contribution in [1.82, 2.24) is 15.3 Å². The first kappa shape index (κ1) is 22.4. The molecule has 0 radical (unpaired) electrons. The van der Waals surface area contributed by atoms with E-state index < -0.39 is 0 Å². The average molecular weight is 475 g/mol. The van der Waals surface area contributed by atoms with E-state index in [0.29, 0.717) is 24.4 Å². The molecule has 1 aliphatic heterocycles. The molecule has 3 heterocycles. The molecule has 5 rings (SSSR count). The molecule has 4 aromatic rings. The quantitative estimate of drug-likeness (QED) is 0.410. The lowest BCUT2D eigenvalue weighted by atomic mass is 9.97. The topological polar surface area (TPSA) is 81.0 Å². The molecule has 0 fully saturated rings. The summed E-state index contributed by atoms with van der Waals surface area (Å²) in [5.74, 6) is -0.00246. The van der Waals surface area contributed by atoms with E-state index >= 15 is 0 Å². The second-order valence-electron chi connectivity index (χ2n) is 8.85. The number of hydrogen-bond acceptors (Lipinski definition) is 3. The number of carbonyl (C=O) groups is 1. The summed E-state index contributed by atoms with van der Waals surface area (Å²) in [4.78, 5) is 33.7. The highest BCUT2D eigenvalue weighted by molar-refractivity contribution is 6.30. The van der Waals surface area contributed by atoms with Crippen LogP contribution in [0.25, 0.3) is 11.0 Å². The lowest BCUT2D eigenvalue weighted by Gasteiger charge is -2.25. The van der Waals surface area contributed by atoms with Crippen LogP contribution in [0.2, 0.25) is 5.02 Å². The summed E-state index contributed by atoms with van der Waals surface area (Å²) >= 11 is 6.03. The Hall–Kier alpha value is -3.35. The fourth-order valence-electron chi connectivity index (χ4n) is 4.76. The van der Waals surface area contributed by atoms with Crippen LogP contribution in [-0.4, -0.2) is 35.5 Å². The Kier molecular flexibility index (Phi) is 6.26. The van der Waals surface area contributed by atoms with E-state index in [1.807, 2.05) is 18.2 Å². The van der Waals surface area contributed by atoms with Crippen molar-refractivity contribution >= 4 is 34.2 Å². The summed E-state index contributed by atoms with van der Waals surface area (Å²) in [5, 5.41) is 4.13. The molecule has 34 heavy (non-hydrogen) atoms. The van der Waals surface area contributed by atoms with Gasteiger partial charge in [0.05, 0.1) is 17.1 Å². The van der Waals surface area contributed by atoms with Crippen LogP contribution in [0.1, 0.15) is 22.4 Å². The lowest BCUT2D eigenvalue weighted by Crippen LogP contribution is -2.47. The summed E-state index contributed by atoms with van der Waals surface area (Å²) in [6, 6.07) is 18.7. The summed E-state index contributed by atoms with van der Waals surface area (Å²) in [6.07, 6.45) is 3.05. The number of fused-ring (bicyclic) bond motifs is 5. The maximum absolute atomic E-state index is 13.5. The van der Waals surface area contributed by atoms with Gasteiger partial charge in [-0.1, -0.05) is 35.9 Å². The predicted molar refractivity (Wildman–Crippen MR) is 137 cm³/mol. The van der Waals surface area contributed by atoms with Crippen LogP contribution in [0.3, 0.4) is 0 Å². The van der Waals surface area contributed by atoms with Crippen molar-refractivity contribution in [3.05, 3.63) is 98.4 Å². The van der Waals surface area contributed by atoms with E-state index in [4.69, 9.17) is 11.6 Å². The lowest BCUT2D eigenvalue weighted by molar-refractivity contribution is -0.120. The molecule has 2 aromatic carbocycles. The van der Waals surface area contributed by atoms with E-state index in [9.17, 15) is 9.59 Å². The molecule has 0 saturated carbocycles. The number of pyridine rings is 1. The van der Waals surface area contributed by atoms with E-state index in [1.165, 1.54) is 5.56 Å². The van der Waals surface area contributed by atoms with Gasteiger partial charge >= 0.3 is 0 Å². The zero-order valence-electron chi connectivity index (χ0n) is 19.0. The fraction of sp³-hybridized carbons (Fsp3) is 0.259. The number of likely N-dealkylation sites (N-methyl/N-ethyl adjacent to an activating group) is 1. The highest BCUT2D eigenvalue weighted by Gasteiger charge is 2.24. The zero-order chi connectivity index (χ0) is 23.7. The molecule has 3 N–H and O–H groups in total. The van der Waals surface area contributed by atoms with E-state index in [-0.39, 0.29) is 17.5 Å². The third kappa shape index (κ3) is 4.65. The molecule has 1 amide bonds. The summed E-state index contributed by atoms with van der Waals surface area (Å²) in [5.41, 5.74) is 7.08. The molecule has 2 bridgehead atoms. The zero-order valence-corrected chi connectivity index (χ0v) is 19.8. The number of nitrogens with zero attached hydrogens (tertiary/aromatic N) is 1. The number of aromatic nitrogens is 2. The number of H-pyrrole nitrogens is 2. The maximum atomic E-state index is 13.5. The second-order valence-corrected chi connectivity index (χ2v) is 9.28. The molecular weight excluding hydrogens is 448 g/mol. The number of carbonyl (C=O) groups excluding carboxylic acids is 1. The van der Waals surface area contributed by atoms with Crippen molar-refractivity contribution in [3.8, 4) is 0 Å². The number of anilines is 1. The van der Waals surface area contributed by atoms with Crippen molar-refractivity contribution in [2.24, 2.45) is 0 Å². The molecule has 1 atom stereocenters. The van der Waals surface area contributed by atoms with Crippen LogP contribution in [0.4, 0.5) is 5.69 Å². The van der Waals surface area contributed by atoms with Gasteiger partial charge in [-0.15, -0.1) is 0 Å². The predicted octanol–water partition coefficient (Wildman–Crippen LogP) is 4.01. The van der Waals surface area contributed by atoms with Crippen LogP contribution >= 0.6 is 11.6 Å². The molecule has 0 aliphatic carbocycles. The number of hydrogen-bond donors (Lipinski definition) is 3. The number of rotatable bonds is 2. The molecule has 6 nitrogen and oxygen atoms in total. The minimum absolute atomic E-state index is 0.00246. The smallest absolute Gasteiger partial charge is 0.248 e. The van der Waals surface area contributed by atoms with Gasteiger partial charge in [0.15, 0.2) is 0 Å². The molecule has 2 aromatic heterocycles. The molecule has 1 unspecified atom stereocenters. The van der Waals surface area contributed by atoms with Crippen molar-refractivity contribution in [2.45, 2.75) is 31.7 Å². The van der Waals surface area contributed by atoms with Gasteiger partial charge in [-0.2, -0.15) is 0 Å². The van der Waals surface area contributed by atoms with Crippen LogP contribution in [0.5, 0.6) is 0 Å². The first-order valence-corrected chi connectivity index (χ1v) is 11.9. The first-order valence-electron chi connectivity index (χ1n) is 11.5. The Morgan fingerprint density at radius 3 is 2.59 bits per heavy atom. The number of aromatic amines is 2. The number of amides is 1. The normalized spacial score (nSPS) is 16.4. The molecule has 0 saturated heterocycles. The Morgan fingerprint density at radius 2 is 1.76 bits per heavy atom. The average Bonchev–Trinajstić information content (AvgIpc) is 3.18. The van der Waals surface area contributed by atoms with Gasteiger partial charge in [-0.05, 0) is 72.7 Å². The van der Waals surface area contributed by atoms with Crippen LogP contribution in [-0.2, 0) is 30.5 Å². The SMILES string of the molecule is CN(C(=O)C1Cc2cccc(c2)CCc2[nH]c3ccc(=O)[nH]c3c2CCN1)c1ccc(Cl)cc1. The first-order chi connectivity index (χ1) is 16.5. The molecular formula is C27H27ClN4O2. The van der Waals surface area contributed by atoms with Crippen molar-refractivity contribution in [2.75, 3.05) is 18.5 Å². The summed E-state index contributed by atoms with van der Waals surface area (Å²) in [7, 11) is 1.79. The Bertz CT molecular complexity index is 1390. The van der Waals surface area contributed by atoms with Crippen LogP contribution in [0.15, 0.2) is 65.5 Å². The van der Waals surface area contributed by atoms with Crippen molar-refractivity contribution < 1.29 is 4.79 Å². The van der Waals surface area contributed by atoms with Gasteiger partial charge in [-0.25, -0.2) is 0 Å². The van der Waals surface area contributed by atoms with Crippen molar-refractivity contribution in [3.63, 3.8) is 0 Å². The number of halogens is 1. The minimum Gasteiger partial charge on any atom is -0.357 e. The largest absolute Gasteiger partial charge is 0.357 e. The van der Waals surface area contributed by atoms with Gasteiger partial charge in [0.2, 0.25) is 11.5 Å².